The number of nitrogens with two attached hydrogens (primary N) is 1. The minimum Gasteiger partial charge on any atom is -0.382 e. The molecular formula is C25H25N7O3. The molecule has 1 saturated heterocycles. The first-order valence-corrected chi connectivity index (χ1v) is 11.3. The molecule has 4 heterocycles. The van der Waals surface area contributed by atoms with Gasteiger partial charge in [0.1, 0.15) is 17.2 Å². The van der Waals surface area contributed by atoms with Crippen LogP contribution in [0.1, 0.15) is 27.6 Å². The van der Waals surface area contributed by atoms with Crippen molar-refractivity contribution in [3.63, 3.8) is 0 Å². The van der Waals surface area contributed by atoms with Gasteiger partial charge in [0.25, 0.3) is 5.91 Å². The summed E-state index contributed by atoms with van der Waals surface area (Å²) in [5, 5.41) is 11.6. The van der Waals surface area contributed by atoms with Gasteiger partial charge in [-0.15, -0.1) is 0 Å². The zero-order valence-electron chi connectivity index (χ0n) is 19.1. The number of aliphatic hydroxyl groups is 1. The number of amides is 1. The number of fused-ring (bicyclic) bond motifs is 1. The van der Waals surface area contributed by atoms with E-state index in [0.29, 0.717) is 53.1 Å². The number of piperazine rings is 1. The topological polar surface area (TPSA) is 141 Å². The second kappa shape index (κ2) is 9.24. The van der Waals surface area contributed by atoms with E-state index in [4.69, 9.17) is 5.73 Å². The predicted octanol–water partition coefficient (Wildman–Crippen LogP) is 1.95. The first kappa shape index (κ1) is 22.6. The van der Waals surface area contributed by atoms with Crippen molar-refractivity contribution in [2.45, 2.75) is 19.2 Å². The molecule has 0 aliphatic carbocycles. The molecular weight excluding hydrogens is 446 g/mol. The Morgan fingerprint density at radius 1 is 1.17 bits per heavy atom. The Morgan fingerprint density at radius 3 is 2.71 bits per heavy atom. The highest BCUT2D eigenvalue weighted by Gasteiger charge is 2.35. The average Bonchev–Trinajstić information content (AvgIpc) is 3.32. The smallest absolute Gasteiger partial charge is 0.253 e. The lowest BCUT2D eigenvalue weighted by molar-refractivity contribution is -0.0333. The van der Waals surface area contributed by atoms with Gasteiger partial charge in [0.05, 0.1) is 17.9 Å². The lowest BCUT2D eigenvalue weighted by atomic mass is 10.0. The molecule has 0 bridgehead atoms. The molecule has 2 unspecified atom stereocenters. The van der Waals surface area contributed by atoms with Crippen molar-refractivity contribution >= 4 is 28.4 Å². The van der Waals surface area contributed by atoms with Crippen LogP contribution in [0.5, 0.6) is 0 Å². The molecule has 5 rings (SSSR count). The van der Waals surface area contributed by atoms with Crippen molar-refractivity contribution in [1.82, 2.24) is 29.7 Å². The highest BCUT2D eigenvalue weighted by atomic mass is 16.3. The van der Waals surface area contributed by atoms with E-state index >= 15 is 0 Å². The number of carbonyl (C=O) groups excluding carboxylic acids is 2. The monoisotopic (exact) mass is 471 g/mol. The number of ketones is 1. The number of anilines is 1. The molecule has 4 N–H and O–H groups in total. The second-order valence-electron chi connectivity index (χ2n) is 8.56. The van der Waals surface area contributed by atoms with E-state index in [-0.39, 0.29) is 17.8 Å². The van der Waals surface area contributed by atoms with Crippen molar-refractivity contribution in [3.8, 4) is 11.4 Å². The van der Waals surface area contributed by atoms with Crippen LogP contribution in [0.15, 0.2) is 61.2 Å². The molecule has 1 aliphatic rings. The quantitative estimate of drug-likeness (QED) is 0.375. The Bertz CT molecular complexity index is 1390. The Kier molecular flexibility index (Phi) is 5.98. The molecule has 10 nitrogen and oxygen atoms in total. The summed E-state index contributed by atoms with van der Waals surface area (Å²) in [5.41, 5.74) is 8.33. The number of Topliss-reactive ketones (excluding diaryl/α,β-unsaturated/α-hetero) is 1. The molecule has 10 heteroatoms. The lowest BCUT2D eigenvalue weighted by Gasteiger charge is -2.41. The molecule has 3 aromatic heterocycles. The van der Waals surface area contributed by atoms with Gasteiger partial charge in [-0.05, 0) is 25.1 Å². The van der Waals surface area contributed by atoms with Crippen LogP contribution in [0.4, 0.5) is 5.82 Å². The first-order chi connectivity index (χ1) is 16.9. The second-order valence-corrected chi connectivity index (χ2v) is 8.56. The van der Waals surface area contributed by atoms with Crippen molar-refractivity contribution < 1.29 is 14.7 Å². The number of pyridine rings is 1. The van der Waals surface area contributed by atoms with Gasteiger partial charge in [0, 0.05) is 54.6 Å². The van der Waals surface area contributed by atoms with Gasteiger partial charge in [0.2, 0.25) is 5.78 Å². The number of hydrogen-bond acceptors (Lipinski definition) is 8. The predicted molar refractivity (Wildman–Crippen MR) is 130 cm³/mol. The third kappa shape index (κ3) is 4.25. The summed E-state index contributed by atoms with van der Waals surface area (Å²) >= 11 is 0. The van der Waals surface area contributed by atoms with E-state index in [0.717, 1.165) is 0 Å². The largest absolute Gasteiger partial charge is 0.382 e. The number of aromatic amines is 1. The average molecular weight is 472 g/mol. The number of nitrogen functional groups attached to an aromatic ring is 1. The van der Waals surface area contributed by atoms with Gasteiger partial charge in [-0.25, -0.2) is 4.98 Å². The van der Waals surface area contributed by atoms with Crippen LogP contribution in [-0.2, 0) is 0 Å². The highest BCUT2D eigenvalue weighted by molar-refractivity contribution is 6.11. The summed E-state index contributed by atoms with van der Waals surface area (Å²) < 4.78 is 0. The fourth-order valence-corrected chi connectivity index (χ4v) is 4.52. The summed E-state index contributed by atoms with van der Waals surface area (Å²) in [6, 6.07) is 10.6. The van der Waals surface area contributed by atoms with Crippen molar-refractivity contribution in [1.29, 1.82) is 0 Å². The summed E-state index contributed by atoms with van der Waals surface area (Å²) in [6.07, 6.45) is 4.80. The van der Waals surface area contributed by atoms with Crippen LogP contribution >= 0.6 is 0 Å². The van der Waals surface area contributed by atoms with Gasteiger partial charge >= 0.3 is 0 Å². The van der Waals surface area contributed by atoms with E-state index < -0.39 is 12.0 Å². The third-order valence-corrected chi connectivity index (χ3v) is 6.30. The van der Waals surface area contributed by atoms with Crippen LogP contribution in [0.2, 0.25) is 0 Å². The number of aliphatic hydroxyl groups excluding tert-OH is 1. The number of nitrogens with zero attached hydrogens (tertiary/aromatic N) is 5. The van der Waals surface area contributed by atoms with Crippen molar-refractivity contribution in [3.05, 3.63) is 72.3 Å². The molecule has 0 radical (unpaired) electrons. The standard InChI is InChI=1S/C25H25N7O3/c1-15-14-31(24(34)16-5-3-2-4-6-16)9-10-32(15)25(35)23(33)18-11-29-21-17(18)7-8-28-22(21)19-12-27-13-20(26)30-19/h2-8,11-13,15,25,29,35H,9-10,14H2,1H3,(H2,26,30). The number of benzene rings is 1. The van der Waals surface area contributed by atoms with Crippen molar-refractivity contribution in [2.24, 2.45) is 0 Å². The van der Waals surface area contributed by atoms with Crippen molar-refractivity contribution in [2.75, 3.05) is 25.4 Å². The maximum Gasteiger partial charge on any atom is 0.253 e. The van der Waals surface area contributed by atoms with Crippen LogP contribution < -0.4 is 5.73 Å². The fourth-order valence-electron chi connectivity index (χ4n) is 4.52. The van der Waals surface area contributed by atoms with E-state index in [1.807, 2.05) is 25.1 Å². The minimum absolute atomic E-state index is 0.0563. The zero-order chi connectivity index (χ0) is 24.5. The number of nitrogens with one attached hydrogen (secondary N) is 1. The van der Waals surface area contributed by atoms with E-state index in [2.05, 4.69) is 19.9 Å². The van der Waals surface area contributed by atoms with Crippen LogP contribution in [-0.4, -0.2) is 78.4 Å². The van der Waals surface area contributed by atoms with Gasteiger partial charge in [-0.2, -0.15) is 0 Å². The fraction of sp³-hybridized carbons (Fsp3) is 0.240. The summed E-state index contributed by atoms with van der Waals surface area (Å²) in [6.45, 7) is 3.10. The Labute approximate surface area is 201 Å². The lowest BCUT2D eigenvalue weighted by Crippen LogP contribution is -2.58. The molecule has 178 valence electrons. The number of hydrogen-bond donors (Lipinski definition) is 3. The van der Waals surface area contributed by atoms with Crippen LogP contribution in [0.25, 0.3) is 22.3 Å². The molecule has 35 heavy (non-hydrogen) atoms. The highest BCUT2D eigenvalue weighted by Crippen LogP contribution is 2.28. The van der Waals surface area contributed by atoms with Gasteiger partial charge in [-0.1, -0.05) is 18.2 Å². The van der Waals surface area contributed by atoms with E-state index in [1.165, 1.54) is 6.20 Å². The number of aromatic nitrogens is 4. The van der Waals surface area contributed by atoms with Crippen LogP contribution in [0.3, 0.4) is 0 Å². The zero-order valence-corrected chi connectivity index (χ0v) is 19.1. The number of rotatable bonds is 5. The summed E-state index contributed by atoms with van der Waals surface area (Å²) in [4.78, 5) is 45.4. The normalized spacial score (nSPS) is 17.4. The van der Waals surface area contributed by atoms with Gasteiger partial charge < -0.3 is 20.7 Å². The summed E-state index contributed by atoms with van der Waals surface area (Å²) in [7, 11) is 0. The molecule has 1 fully saturated rings. The molecule has 0 saturated carbocycles. The van der Waals surface area contributed by atoms with E-state index in [1.54, 1.807) is 46.6 Å². The Balaban J connectivity index is 1.35. The molecule has 2 atom stereocenters. The third-order valence-electron chi connectivity index (χ3n) is 6.30. The SMILES string of the molecule is CC1CN(C(=O)c2ccccc2)CCN1C(O)C(=O)c1c[nH]c2c(-c3cncc(N)n3)nccc12. The molecule has 1 amide bonds. The van der Waals surface area contributed by atoms with Gasteiger partial charge in [0.15, 0.2) is 6.23 Å². The maximum absolute atomic E-state index is 13.3. The van der Waals surface area contributed by atoms with Gasteiger partial charge in [-0.3, -0.25) is 24.5 Å². The Hall–Kier alpha value is -4.15. The molecule has 1 aromatic carbocycles. The molecule has 4 aromatic rings. The van der Waals surface area contributed by atoms with Crippen LogP contribution in [0, 0.1) is 0 Å². The first-order valence-electron chi connectivity index (χ1n) is 11.3. The molecule has 1 aliphatic heterocycles. The number of carbonyl (C=O) groups is 2. The maximum atomic E-state index is 13.3. The molecule has 0 spiro atoms. The Morgan fingerprint density at radius 2 is 1.97 bits per heavy atom. The minimum atomic E-state index is -1.35. The van der Waals surface area contributed by atoms with E-state index in [9.17, 15) is 14.7 Å². The number of H-pyrrole nitrogens is 1. The summed E-state index contributed by atoms with van der Waals surface area (Å²) in [5.74, 6) is -0.223.